The molecule has 4 heteroatoms. The SMILES string of the molecule is CCCCCOCC(=O)NC1CCCCC1CN. The number of carbonyl (C=O) groups is 1. The quantitative estimate of drug-likeness (QED) is 0.651. The van der Waals surface area contributed by atoms with E-state index in [2.05, 4.69) is 12.2 Å². The number of carbonyl (C=O) groups excluding carboxylic acids is 1. The zero-order valence-electron chi connectivity index (χ0n) is 11.6. The van der Waals surface area contributed by atoms with Crippen molar-refractivity contribution >= 4 is 5.91 Å². The van der Waals surface area contributed by atoms with Gasteiger partial charge in [0.2, 0.25) is 5.91 Å². The molecule has 3 N–H and O–H groups in total. The summed E-state index contributed by atoms with van der Waals surface area (Å²) in [4.78, 5) is 11.7. The predicted octanol–water partition coefficient (Wildman–Crippen LogP) is 1.83. The van der Waals surface area contributed by atoms with Crippen LogP contribution in [0.2, 0.25) is 0 Å². The standard InChI is InChI=1S/C14H28N2O2/c1-2-3-6-9-18-11-14(17)16-13-8-5-4-7-12(13)10-15/h12-13H,2-11,15H2,1H3,(H,16,17). The maximum absolute atomic E-state index is 11.7. The van der Waals surface area contributed by atoms with Gasteiger partial charge in [0, 0.05) is 12.6 Å². The monoisotopic (exact) mass is 256 g/mol. The van der Waals surface area contributed by atoms with Crippen molar-refractivity contribution in [3.05, 3.63) is 0 Å². The van der Waals surface area contributed by atoms with Crippen LogP contribution < -0.4 is 11.1 Å². The van der Waals surface area contributed by atoms with Gasteiger partial charge in [-0.05, 0) is 31.7 Å². The van der Waals surface area contributed by atoms with Gasteiger partial charge >= 0.3 is 0 Å². The molecule has 0 aliphatic heterocycles. The Morgan fingerprint density at radius 1 is 1.33 bits per heavy atom. The molecule has 0 spiro atoms. The number of unbranched alkanes of at least 4 members (excludes halogenated alkanes) is 2. The first-order chi connectivity index (χ1) is 8.77. The molecule has 0 bridgehead atoms. The number of rotatable bonds is 8. The van der Waals surface area contributed by atoms with E-state index in [9.17, 15) is 4.79 Å². The van der Waals surface area contributed by atoms with Crippen LogP contribution in [0.3, 0.4) is 0 Å². The Bertz CT molecular complexity index is 234. The third-order valence-corrected chi connectivity index (χ3v) is 3.68. The molecule has 1 aliphatic rings. The molecule has 0 heterocycles. The molecule has 1 rings (SSSR count). The van der Waals surface area contributed by atoms with E-state index in [0.29, 0.717) is 19.1 Å². The third kappa shape index (κ3) is 5.83. The summed E-state index contributed by atoms with van der Waals surface area (Å²) < 4.78 is 5.36. The molecule has 2 atom stereocenters. The zero-order chi connectivity index (χ0) is 13.2. The van der Waals surface area contributed by atoms with Gasteiger partial charge < -0.3 is 15.8 Å². The van der Waals surface area contributed by atoms with Crippen LogP contribution in [0, 0.1) is 5.92 Å². The molecular weight excluding hydrogens is 228 g/mol. The summed E-state index contributed by atoms with van der Waals surface area (Å²) in [6.45, 7) is 3.70. The van der Waals surface area contributed by atoms with Crippen molar-refractivity contribution < 1.29 is 9.53 Å². The maximum atomic E-state index is 11.7. The van der Waals surface area contributed by atoms with Gasteiger partial charge in [-0.3, -0.25) is 4.79 Å². The van der Waals surface area contributed by atoms with Gasteiger partial charge in [-0.2, -0.15) is 0 Å². The summed E-state index contributed by atoms with van der Waals surface area (Å²) in [6.07, 6.45) is 8.01. The van der Waals surface area contributed by atoms with E-state index in [0.717, 1.165) is 19.3 Å². The van der Waals surface area contributed by atoms with Crippen LogP contribution in [-0.4, -0.2) is 31.7 Å². The van der Waals surface area contributed by atoms with Crippen LogP contribution in [0.1, 0.15) is 51.9 Å². The highest BCUT2D eigenvalue weighted by atomic mass is 16.5. The summed E-state index contributed by atoms with van der Waals surface area (Å²) in [5.74, 6) is 0.458. The van der Waals surface area contributed by atoms with Crippen molar-refractivity contribution in [2.45, 2.75) is 57.9 Å². The van der Waals surface area contributed by atoms with Gasteiger partial charge in [-0.25, -0.2) is 0 Å². The van der Waals surface area contributed by atoms with Crippen molar-refractivity contribution in [1.29, 1.82) is 0 Å². The van der Waals surface area contributed by atoms with Crippen LogP contribution in [0.5, 0.6) is 0 Å². The fourth-order valence-corrected chi connectivity index (χ4v) is 2.55. The first-order valence-electron chi connectivity index (χ1n) is 7.35. The molecule has 106 valence electrons. The van der Waals surface area contributed by atoms with Crippen LogP contribution in [0.15, 0.2) is 0 Å². The first-order valence-corrected chi connectivity index (χ1v) is 7.35. The van der Waals surface area contributed by atoms with Crippen molar-refractivity contribution in [1.82, 2.24) is 5.32 Å². The number of nitrogens with two attached hydrogens (primary N) is 1. The molecule has 0 radical (unpaired) electrons. The molecule has 2 unspecified atom stereocenters. The summed E-state index contributed by atoms with van der Waals surface area (Å²) >= 11 is 0. The lowest BCUT2D eigenvalue weighted by Crippen LogP contribution is -2.45. The zero-order valence-corrected chi connectivity index (χ0v) is 11.6. The fourth-order valence-electron chi connectivity index (χ4n) is 2.55. The lowest BCUT2D eigenvalue weighted by molar-refractivity contribution is -0.127. The summed E-state index contributed by atoms with van der Waals surface area (Å²) in [5.41, 5.74) is 5.74. The van der Waals surface area contributed by atoms with Crippen molar-refractivity contribution in [2.75, 3.05) is 19.8 Å². The Morgan fingerprint density at radius 2 is 2.11 bits per heavy atom. The number of hydrogen-bond acceptors (Lipinski definition) is 3. The molecule has 1 amide bonds. The molecule has 0 aromatic rings. The van der Waals surface area contributed by atoms with E-state index in [1.54, 1.807) is 0 Å². The molecule has 1 saturated carbocycles. The largest absolute Gasteiger partial charge is 0.372 e. The van der Waals surface area contributed by atoms with Crippen molar-refractivity contribution in [3.8, 4) is 0 Å². The summed E-state index contributed by atoms with van der Waals surface area (Å²) in [6, 6.07) is 0.260. The smallest absolute Gasteiger partial charge is 0.246 e. The minimum atomic E-state index is 0.0110. The fraction of sp³-hybridized carbons (Fsp3) is 0.929. The average Bonchev–Trinajstić information content (AvgIpc) is 2.39. The Morgan fingerprint density at radius 3 is 2.83 bits per heavy atom. The van der Waals surface area contributed by atoms with Gasteiger partial charge in [-0.1, -0.05) is 32.6 Å². The van der Waals surface area contributed by atoms with Crippen LogP contribution >= 0.6 is 0 Å². The number of amides is 1. The highest BCUT2D eigenvalue weighted by Crippen LogP contribution is 2.23. The van der Waals surface area contributed by atoms with Crippen LogP contribution in [0.25, 0.3) is 0 Å². The summed E-state index contributed by atoms with van der Waals surface area (Å²) in [7, 11) is 0. The predicted molar refractivity (Wildman–Crippen MR) is 73.3 cm³/mol. The van der Waals surface area contributed by atoms with E-state index in [1.807, 2.05) is 0 Å². The minimum absolute atomic E-state index is 0.0110. The molecule has 4 nitrogen and oxygen atoms in total. The van der Waals surface area contributed by atoms with E-state index in [4.69, 9.17) is 10.5 Å². The normalized spacial score (nSPS) is 23.9. The second-order valence-corrected chi connectivity index (χ2v) is 5.21. The van der Waals surface area contributed by atoms with Gasteiger partial charge in [0.05, 0.1) is 0 Å². The second kappa shape index (κ2) is 9.34. The lowest BCUT2D eigenvalue weighted by atomic mass is 9.84. The molecule has 1 fully saturated rings. The van der Waals surface area contributed by atoms with Gasteiger partial charge in [0.25, 0.3) is 0 Å². The second-order valence-electron chi connectivity index (χ2n) is 5.21. The van der Waals surface area contributed by atoms with Gasteiger partial charge in [-0.15, -0.1) is 0 Å². The summed E-state index contributed by atoms with van der Waals surface area (Å²) in [5, 5.41) is 3.07. The molecule has 0 aromatic heterocycles. The van der Waals surface area contributed by atoms with E-state index >= 15 is 0 Å². The van der Waals surface area contributed by atoms with E-state index in [-0.39, 0.29) is 18.6 Å². The van der Waals surface area contributed by atoms with Gasteiger partial charge in [0.15, 0.2) is 0 Å². The Hall–Kier alpha value is -0.610. The highest BCUT2D eigenvalue weighted by Gasteiger charge is 2.25. The average molecular weight is 256 g/mol. The Labute approximate surface area is 111 Å². The molecule has 1 aliphatic carbocycles. The maximum Gasteiger partial charge on any atom is 0.246 e. The van der Waals surface area contributed by atoms with Crippen molar-refractivity contribution in [3.63, 3.8) is 0 Å². The number of nitrogens with one attached hydrogen (secondary N) is 1. The molecular formula is C14H28N2O2. The van der Waals surface area contributed by atoms with E-state index < -0.39 is 0 Å². The molecule has 18 heavy (non-hydrogen) atoms. The first kappa shape index (κ1) is 15.4. The minimum Gasteiger partial charge on any atom is -0.372 e. The highest BCUT2D eigenvalue weighted by molar-refractivity contribution is 5.77. The number of ether oxygens (including phenoxy) is 1. The third-order valence-electron chi connectivity index (χ3n) is 3.68. The molecule has 0 saturated heterocycles. The van der Waals surface area contributed by atoms with Gasteiger partial charge in [0.1, 0.15) is 6.61 Å². The number of hydrogen-bond donors (Lipinski definition) is 2. The topological polar surface area (TPSA) is 64.3 Å². The van der Waals surface area contributed by atoms with E-state index in [1.165, 1.54) is 25.7 Å². The Kier molecular flexibility index (Phi) is 8.01. The van der Waals surface area contributed by atoms with Crippen LogP contribution in [0.4, 0.5) is 0 Å². The van der Waals surface area contributed by atoms with Crippen molar-refractivity contribution in [2.24, 2.45) is 11.7 Å². The lowest BCUT2D eigenvalue weighted by Gasteiger charge is -2.31. The van der Waals surface area contributed by atoms with Crippen LogP contribution in [-0.2, 0) is 9.53 Å². The Balaban J connectivity index is 2.14. The molecule has 0 aromatic carbocycles.